The highest BCUT2D eigenvalue weighted by molar-refractivity contribution is 9.10. The van der Waals surface area contributed by atoms with Crippen LogP contribution in [0.3, 0.4) is 0 Å². The monoisotopic (exact) mass is 373 g/mol. The summed E-state index contributed by atoms with van der Waals surface area (Å²) in [6, 6.07) is 6.54. The molecule has 0 fully saturated rings. The molecule has 1 amide bonds. The van der Waals surface area contributed by atoms with E-state index in [2.05, 4.69) is 26.2 Å². The first-order valence-corrected chi connectivity index (χ1v) is 7.12. The summed E-state index contributed by atoms with van der Waals surface area (Å²) in [5.41, 5.74) is 7.87. The number of nitrogens with one attached hydrogen (secondary N) is 1. The first-order chi connectivity index (χ1) is 9.38. The van der Waals surface area contributed by atoms with Crippen molar-refractivity contribution in [2.75, 3.05) is 11.1 Å². The van der Waals surface area contributed by atoms with Gasteiger partial charge in [-0.05, 0) is 52.7 Å². The molecule has 0 bridgehead atoms. The quantitative estimate of drug-likeness (QED) is 0.608. The molecule has 4 nitrogen and oxygen atoms in total. The Morgan fingerprint density at radius 3 is 2.65 bits per heavy atom. The molecule has 1 heterocycles. The number of rotatable bonds is 2. The number of benzene rings is 1. The van der Waals surface area contributed by atoms with Crippen LogP contribution in [0.4, 0.5) is 11.4 Å². The molecule has 0 aliphatic heterocycles. The highest BCUT2D eigenvalue weighted by Gasteiger charge is 2.13. The van der Waals surface area contributed by atoms with Gasteiger partial charge in [-0.25, -0.2) is 4.98 Å². The molecule has 0 saturated heterocycles. The number of carbonyl (C=O) groups is 1. The molecule has 20 heavy (non-hydrogen) atoms. The van der Waals surface area contributed by atoms with E-state index in [1.165, 1.54) is 0 Å². The van der Waals surface area contributed by atoms with Crippen LogP contribution in [0.1, 0.15) is 15.9 Å². The van der Waals surface area contributed by atoms with Crippen LogP contribution in [0, 0.1) is 6.92 Å². The number of nitrogens with zero attached hydrogens (tertiary/aromatic N) is 1. The fourth-order valence-electron chi connectivity index (χ4n) is 1.60. The Balaban J connectivity index is 2.30. The highest BCUT2D eigenvalue weighted by Crippen LogP contribution is 2.27. The van der Waals surface area contributed by atoms with Gasteiger partial charge in [-0.3, -0.25) is 4.79 Å². The molecule has 0 aliphatic rings. The van der Waals surface area contributed by atoms with Gasteiger partial charge in [0.05, 0.1) is 5.69 Å². The van der Waals surface area contributed by atoms with Crippen molar-refractivity contribution >= 4 is 56.4 Å². The molecule has 1 aromatic heterocycles. The molecule has 0 atom stereocenters. The van der Waals surface area contributed by atoms with Crippen molar-refractivity contribution in [2.24, 2.45) is 0 Å². The van der Waals surface area contributed by atoms with Gasteiger partial charge in [-0.15, -0.1) is 0 Å². The first-order valence-electron chi connectivity index (χ1n) is 5.57. The Morgan fingerprint density at radius 1 is 1.35 bits per heavy atom. The number of carbonyl (C=O) groups excluding carboxylic acids is 1. The summed E-state index contributed by atoms with van der Waals surface area (Å²) in [4.78, 5) is 16.1. The van der Waals surface area contributed by atoms with Gasteiger partial charge in [0.2, 0.25) is 0 Å². The van der Waals surface area contributed by atoms with Crippen LogP contribution in [0.15, 0.2) is 28.7 Å². The van der Waals surface area contributed by atoms with Gasteiger partial charge in [0.25, 0.3) is 5.91 Å². The second-order valence-electron chi connectivity index (χ2n) is 4.12. The number of aryl methyl sites for hydroxylation is 1. The van der Waals surface area contributed by atoms with Gasteiger partial charge in [0, 0.05) is 15.7 Å². The van der Waals surface area contributed by atoms with Crippen LogP contribution < -0.4 is 11.1 Å². The number of hydrogen-bond acceptors (Lipinski definition) is 3. The predicted octanol–water partition coefficient (Wildman–Crippen LogP) is 4.29. The average Bonchev–Trinajstić information content (AvgIpc) is 2.36. The molecule has 7 heteroatoms. The second kappa shape index (κ2) is 5.99. The van der Waals surface area contributed by atoms with E-state index < -0.39 is 0 Å². The summed E-state index contributed by atoms with van der Waals surface area (Å²) in [5, 5.41) is 3.14. The third-order valence-electron chi connectivity index (χ3n) is 2.64. The van der Waals surface area contributed by atoms with E-state index in [0.29, 0.717) is 21.4 Å². The third kappa shape index (κ3) is 3.23. The largest absolute Gasteiger partial charge is 0.398 e. The third-order valence-corrected chi connectivity index (χ3v) is 3.80. The number of amides is 1. The lowest BCUT2D eigenvalue weighted by Crippen LogP contribution is -2.13. The van der Waals surface area contributed by atoms with Gasteiger partial charge in [0.15, 0.2) is 5.15 Å². The SMILES string of the molecule is Cc1cc(Cl)nc(Cl)c1NC(=O)c1ccc(N)c(Br)c1. The lowest BCUT2D eigenvalue weighted by Gasteiger charge is -2.10. The van der Waals surface area contributed by atoms with Gasteiger partial charge >= 0.3 is 0 Å². The number of aromatic nitrogens is 1. The van der Waals surface area contributed by atoms with Crippen LogP contribution >= 0.6 is 39.1 Å². The van der Waals surface area contributed by atoms with E-state index in [4.69, 9.17) is 28.9 Å². The minimum absolute atomic E-state index is 0.151. The van der Waals surface area contributed by atoms with E-state index >= 15 is 0 Å². The summed E-state index contributed by atoms with van der Waals surface area (Å²) < 4.78 is 0.655. The molecule has 3 N–H and O–H groups in total. The summed E-state index contributed by atoms with van der Waals surface area (Å²) in [6.07, 6.45) is 0. The summed E-state index contributed by atoms with van der Waals surface area (Å²) in [6.45, 7) is 1.79. The van der Waals surface area contributed by atoms with Crippen LogP contribution in [0.25, 0.3) is 0 Å². The molecule has 0 radical (unpaired) electrons. The van der Waals surface area contributed by atoms with E-state index in [1.807, 2.05) is 0 Å². The topological polar surface area (TPSA) is 68.0 Å². The number of anilines is 2. The lowest BCUT2D eigenvalue weighted by atomic mass is 10.2. The molecular weight excluding hydrogens is 365 g/mol. The molecule has 0 spiro atoms. The zero-order valence-corrected chi connectivity index (χ0v) is 13.5. The van der Waals surface area contributed by atoms with Gasteiger partial charge < -0.3 is 11.1 Å². The smallest absolute Gasteiger partial charge is 0.255 e. The molecular formula is C13H10BrCl2N3O. The fourth-order valence-corrected chi connectivity index (χ4v) is 2.56. The molecule has 1 aromatic carbocycles. The van der Waals surface area contributed by atoms with Crippen LogP contribution in [-0.2, 0) is 0 Å². The second-order valence-corrected chi connectivity index (χ2v) is 5.72. The maximum absolute atomic E-state index is 12.2. The average molecular weight is 375 g/mol. The summed E-state index contributed by atoms with van der Waals surface area (Å²) in [7, 11) is 0. The standard InChI is InChI=1S/C13H10BrCl2N3O/c1-6-4-10(15)18-12(16)11(6)19-13(20)7-2-3-9(17)8(14)5-7/h2-5H,17H2,1H3,(H,19,20). The number of nitrogens with two attached hydrogens (primary N) is 1. The van der Waals surface area contributed by atoms with Crippen molar-refractivity contribution in [3.63, 3.8) is 0 Å². The van der Waals surface area contributed by atoms with E-state index in [0.717, 1.165) is 5.56 Å². The Morgan fingerprint density at radius 2 is 2.05 bits per heavy atom. The number of hydrogen-bond donors (Lipinski definition) is 2. The Kier molecular flexibility index (Phi) is 4.52. The Hall–Kier alpha value is -1.30. The van der Waals surface area contributed by atoms with Crippen molar-refractivity contribution in [3.05, 3.63) is 50.2 Å². The number of pyridine rings is 1. The van der Waals surface area contributed by atoms with Gasteiger partial charge in [-0.2, -0.15) is 0 Å². The van der Waals surface area contributed by atoms with Crippen LogP contribution in [0.5, 0.6) is 0 Å². The van der Waals surface area contributed by atoms with Crippen molar-refractivity contribution < 1.29 is 4.79 Å². The molecule has 104 valence electrons. The van der Waals surface area contributed by atoms with Crippen molar-refractivity contribution in [1.29, 1.82) is 0 Å². The highest BCUT2D eigenvalue weighted by atomic mass is 79.9. The van der Waals surface area contributed by atoms with Crippen molar-refractivity contribution in [3.8, 4) is 0 Å². The zero-order chi connectivity index (χ0) is 14.9. The normalized spacial score (nSPS) is 10.4. The summed E-state index contributed by atoms with van der Waals surface area (Å²) in [5.74, 6) is -0.306. The molecule has 2 rings (SSSR count). The van der Waals surface area contributed by atoms with E-state index in [9.17, 15) is 4.79 Å². The predicted molar refractivity (Wildman–Crippen MR) is 85.5 cm³/mol. The van der Waals surface area contributed by atoms with Gasteiger partial charge in [-0.1, -0.05) is 23.2 Å². The maximum atomic E-state index is 12.2. The summed E-state index contributed by atoms with van der Waals surface area (Å²) >= 11 is 15.0. The number of halogens is 3. The Bertz CT molecular complexity index is 668. The molecule has 0 unspecified atom stereocenters. The number of nitrogen functional groups attached to an aromatic ring is 1. The van der Waals surface area contributed by atoms with Crippen LogP contribution in [0.2, 0.25) is 10.3 Å². The zero-order valence-electron chi connectivity index (χ0n) is 10.4. The fraction of sp³-hybridized carbons (Fsp3) is 0.0769. The van der Waals surface area contributed by atoms with Crippen LogP contribution in [-0.4, -0.2) is 10.9 Å². The first kappa shape index (κ1) is 15.1. The minimum Gasteiger partial charge on any atom is -0.398 e. The maximum Gasteiger partial charge on any atom is 0.255 e. The van der Waals surface area contributed by atoms with Gasteiger partial charge in [0.1, 0.15) is 5.15 Å². The van der Waals surface area contributed by atoms with Crippen molar-refractivity contribution in [2.45, 2.75) is 6.92 Å². The van der Waals surface area contributed by atoms with E-state index in [-0.39, 0.29) is 16.2 Å². The van der Waals surface area contributed by atoms with E-state index in [1.54, 1.807) is 31.2 Å². The molecule has 2 aromatic rings. The minimum atomic E-state index is -0.306. The molecule has 0 aliphatic carbocycles. The lowest BCUT2D eigenvalue weighted by molar-refractivity contribution is 0.102. The Labute approximate surface area is 134 Å². The van der Waals surface area contributed by atoms with Crippen molar-refractivity contribution in [1.82, 2.24) is 4.98 Å². The molecule has 0 saturated carbocycles.